The first kappa shape index (κ1) is 28.4. The summed E-state index contributed by atoms with van der Waals surface area (Å²) >= 11 is 1.86. The lowest BCUT2D eigenvalue weighted by molar-refractivity contribution is 1.36. The van der Waals surface area contributed by atoms with Crippen molar-refractivity contribution in [2.45, 2.75) is 0 Å². The Hall–Kier alpha value is -6.42. The maximum atomic E-state index is 5.28. The minimum atomic E-state index is 0.976. The van der Waals surface area contributed by atoms with E-state index in [1.54, 1.807) is 0 Å². The van der Waals surface area contributed by atoms with Gasteiger partial charge >= 0.3 is 0 Å². The summed E-state index contributed by atoms with van der Waals surface area (Å²) in [7, 11) is 0. The average Bonchev–Trinajstić information content (AvgIpc) is 3.89. The van der Waals surface area contributed by atoms with Gasteiger partial charge in [0.15, 0.2) is 0 Å². The van der Waals surface area contributed by atoms with Gasteiger partial charge in [0.25, 0.3) is 0 Å². The van der Waals surface area contributed by atoms with Crippen LogP contribution in [0.1, 0.15) is 0 Å². The Morgan fingerprint density at radius 1 is 0.353 bits per heavy atom. The Morgan fingerprint density at radius 3 is 1.88 bits per heavy atom. The maximum Gasteiger partial charge on any atom is 0.0817 e. The van der Waals surface area contributed by atoms with Crippen LogP contribution in [0.3, 0.4) is 0 Å². The molecule has 0 spiro atoms. The first-order valence-corrected chi connectivity index (χ1v) is 18.2. The molecule has 0 amide bonds. The van der Waals surface area contributed by atoms with Gasteiger partial charge in [0.05, 0.1) is 22.1 Å². The van der Waals surface area contributed by atoms with Crippen molar-refractivity contribution in [1.82, 2.24) is 0 Å². The first-order valence-electron chi connectivity index (χ1n) is 17.3. The van der Waals surface area contributed by atoms with Crippen LogP contribution in [0.25, 0.3) is 75.8 Å². The maximum absolute atomic E-state index is 5.28. The summed E-state index contributed by atoms with van der Waals surface area (Å²) in [5, 5.41) is 6.90. The van der Waals surface area contributed by atoms with Gasteiger partial charge in [-0.25, -0.2) is 9.98 Å². The predicted molar refractivity (Wildman–Crippen MR) is 212 cm³/mol. The van der Waals surface area contributed by atoms with E-state index in [0.29, 0.717) is 0 Å². The fourth-order valence-electron chi connectivity index (χ4n) is 8.27. The molecule has 3 heteroatoms. The fraction of sp³-hybridized carbons (Fsp3) is 0. The topological polar surface area (TPSA) is 24.7 Å². The summed E-state index contributed by atoms with van der Waals surface area (Å²) in [5.74, 6) is 0. The lowest BCUT2D eigenvalue weighted by atomic mass is 9.82. The van der Waals surface area contributed by atoms with Gasteiger partial charge in [0, 0.05) is 47.3 Å². The fourth-order valence-corrected chi connectivity index (χ4v) is 9.40. The predicted octanol–water partition coefficient (Wildman–Crippen LogP) is 12.2. The highest BCUT2D eigenvalue weighted by molar-refractivity contribution is 7.25. The Balaban J connectivity index is 1.27. The smallest absolute Gasteiger partial charge is 0.0817 e. The Labute approximate surface area is 298 Å². The molecule has 0 bridgehead atoms. The quantitative estimate of drug-likeness (QED) is 0.179. The third kappa shape index (κ3) is 4.22. The van der Waals surface area contributed by atoms with E-state index < -0.39 is 0 Å². The lowest BCUT2D eigenvalue weighted by Gasteiger charge is -2.20. The molecule has 236 valence electrons. The highest BCUT2D eigenvalue weighted by Gasteiger charge is 2.28. The summed E-state index contributed by atoms with van der Waals surface area (Å²) in [5.41, 5.74) is 13.9. The normalized spacial score (nSPS) is 12.2. The number of nitrogens with zero attached hydrogens (tertiary/aromatic N) is 2. The molecule has 1 aromatic heterocycles. The number of para-hydroxylation sites is 1. The summed E-state index contributed by atoms with van der Waals surface area (Å²) < 4.78 is 2.58. The number of hydrogen-bond acceptors (Lipinski definition) is 3. The van der Waals surface area contributed by atoms with Gasteiger partial charge in [-0.3, -0.25) is 0 Å². The zero-order valence-electron chi connectivity index (χ0n) is 27.5. The highest BCUT2D eigenvalue weighted by Crippen LogP contribution is 2.53. The van der Waals surface area contributed by atoms with Crippen molar-refractivity contribution in [2.24, 2.45) is 9.98 Å². The van der Waals surface area contributed by atoms with Crippen LogP contribution in [0.5, 0.6) is 0 Å². The van der Waals surface area contributed by atoms with Crippen LogP contribution < -0.4 is 10.7 Å². The molecular formula is C48H28N2S. The largest absolute Gasteiger partial charge is 0.248 e. The molecule has 0 saturated heterocycles. The molecule has 0 unspecified atom stereocenters. The van der Waals surface area contributed by atoms with Gasteiger partial charge in [-0.15, -0.1) is 11.3 Å². The molecule has 9 aromatic rings. The van der Waals surface area contributed by atoms with Gasteiger partial charge < -0.3 is 0 Å². The van der Waals surface area contributed by atoms with Crippen molar-refractivity contribution in [3.8, 4) is 55.6 Å². The zero-order valence-corrected chi connectivity index (χ0v) is 28.3. The van der Waals surface area contributed by atoms with E-state index in [4.69, 9.17) is 9.98 Å². The van der Waals surface area contributed by atoms with Crippen molar-refractivity contribution in [2.75, 3.05) is 0 Å². The van der Waals surface area contributed by atoms with Crippen LogP contribution in [-0.4, -0.2) is 0 Å². The molecule has 8 aromatic carbocycles. The summed E-state index contributed by atoms with van der Waals surface area (Å²) in [6, 6.07) is 61.4. The van der Waals surface area contributed by atoms with E-state index in [1.165, 1.54) is 75.1 Å². The van der Waals surface area contributed by atoms with Gasteiger partial charge in [0.2, 0.25) is 0 Å². The van der Waals surface area contributed by atoms with Crippen LogP contribution in [0.2, 0.25) is 0 Å². The lowest BCUT2D eigenvalue weighted by Crippen LogP contribution is -2.01. The number of hydrogen-bond donors (Lipinski definition) is 0. The van der Waals surface area contributed by atoms with Crippen molar-refractivity contribution >= 4 is 42.9 Å². The number of fused-ring (bicyclic) bond motifs is 9. The minimum Gasteiger partial charge on any atom is -0.248 e. The summed E-state index contributed by atoms with van der Waals surface area (Å²) in [6.07, 6.45) is 0. The standard InChI is InChI=1S/C48H28N2S/c1-2-13-29(14-3-1)30-15-4-5-16-31(30)32-17-6-7-18-33(32)35-25-27-40-46(45(35)38-21-12-24-43-44(38)37-20-9-11-23-42(37)51-43)47-41(49-40)28-26-36-34-19-8-10-22-39(34)50-48(36)47/h1-28H. The molecule has 0 aliphatic carbocycles. The Morgan fingerprint density at radius 2 is 1.02 bits per heavy atom. The monoisotopic (exact) mass is 664 g/mol. The summed E-state index contributed by atoms with van der Waals surface area (Å²) in [4.78, 5) is 10.6. The molecule has 0 radical (unpaired) electrons. The van der Waals surface area contributed by atoms with Crippen molar-refractivity contribution in [1.29, 1.82) is 0 Å². The molecule has 0 fully saturated rings. The molecule has 0 saturated carbocycles. The second-order valence-corrected chi connectivity index (χ2v) is 14.3. The van der Waals surface area contributed by atoms with E-state index >= 15 is 0 Å². The van der Waals surface area contributed by atoms with Crippen LogP contribution in [0, 0.1) is 10.4 Å². The third-order valence-corrected chi connectivity index (χ3v) is 11.6. The van der Waals surface area contributed by atoms with Crippen LogP contribution >= 0.6 is 11.3 Å². The van der Waals surface area contributed by atoms with Crippen molar-refractivity contribution in [3.05, 3.63) is 191 Å². The molecule has 3 heterocycles. The van der Waals surface area contributed by atoms with Gasteiger partial charge in [0.1, 0.15) is 0 Å². The van der Waals surface area contributed by atoms with Crippen molar-refractivity contribution < 1.29 is 0 Å². The third-order valence-electron chi connectivity index (χ3n) is 10.4. The Bertz CT molecular complexity index is 3140. The van der Waals surface area contributed by atoms with Crippen LogP contribution in [-0.2, 0) is 0 Å². The molecule has 11 rings (SSSR count). The molecule has 2 aliphatic rings. The number of rotatable bonds is 4. The van der Waals surface area contributed by atoms with Gasteiger partial charge in [-0.2, -0.15) is 0 Å². The van der Waals surface area contributed by atoms with Crippen LogP contribution in [0.15, 0.2) is 180 Å². The van der Waals surface area contributed by atoms with E-state index in [0.717, 1.165) is 33.2 Å². The van der Waals surface area contributed by atoms with Crippen molar-refractivity contribution in [3.63, 3.8) is 0 Å². The van der Waals surface area contributed by atoms with E-state index in [2.05, 4.69) is 170 Å². The van der Waals surface area contributed by atoms with E-state index in [-0.39, 0.29) is 0 Å². The minimum absolute atomic E-state index is 0.976. The number of benzene rings is 8. The van der Waals surface area contributed by atoms with Gasteiger partial charge in [-0.1, -0.05) is 133 Å². The molecule has 0 N–H and O–H groups in total. The zero-order chi connectivity index (χ0) is 33.5. The molecular weight excluding hydrogens is 637 g/mol. The van der Waals surface area contributed by atoms with E-state index in [9.17, 15) is 0 Å². The second-order valence-electron chi connectivity index (χ2n) is 13.2. The highest BCUT2D eigenvalue weighted by atomic mass is 32.1. The molecule has 0 atom stereocenters. The molecule has 51 heavy (non-hydrogen) atoms. The second kappa shape index (κ2) is 11.0. The molecule has 2 aliphatic heterocycles. The Kier molecular flexibility index (Phi) is 6.16. The average molecular weight is 665 g/mol. The number of thiophene rings is 1. The first-order chi connectivity index (χ1) is 25.3. The SMILES string of the molecule is c1ccc(-c2ccccc2-c2ccccc2-c2ccc3c(c2-c2cccc4sc5ccccc5c24)-c2c4c(ccc2=N3)=c2ccccc2=N4)cc1. The van der Waals surface area contributed by atoms with Crippen LogP contribution in [0.4, 0.5) is 11.4 Å². The van der Waals surface area contributed by atoms with Gasteiger partial charge in [-0.05, 0) is 75.3 Å². The molecule has 2 nitrogen and oxygen atoms in total. The summed E-state index contributed by atoms with van der Waals surface area (Å²) in [6.45, 7) is 0. The van der Waals surface area contributed by atoms with E-state index in [1.807, 2.05) is 11.3 Å².